The molecule has 33 heavy (non-hydrogen) atoms. The minimum Gasteiger partial charge on any atom is -0.494 e. The standard InChI is InChI=1S/C26H21NO6/c1-2-30-17-13-11-16(12-14-17)24(28)25-23(18-7-3-4-8-19(18)33-25)27-26(29)22-15-31-20-9-5-6-10-21(20)32-22/h3-14,22H,2,15H2,1H3,(H,27,29)/t22-/m0/s1. The summed E-state index contributed by atoms with van der Waals surface area (Å²) in [7, 11) is 0. The Bertz CT molecular complexity index is 1320. The number of benzene rings is 3. The van der Waals surface area contributed by atoms with Gasteiger partial charge in [0.2, 0.25) is 11.9 Å². The van der Waals surface area contributed by atoms with Crippen LogP contribution in [0, 0.1) is 0 Å². The predicted octanol–water partition coefficient (Wildman–Crippen LogP) is 4.84. The first kappa shape index (κ1) is 20.6. The second-order valence-electron chi connectivity index (χ2n) is 7.44. The van der Waals surface area contributed by atoms with E-state index in [2.05, 4.69) is 5.32 Å². The molecular weight excluding hydrogens is 422 g/mol. The average Bonchev–Trinajstić information content (AvgIpc) is 3.22. The largest absolute Gasteiger partial charge is 0.494 e. The molecule has 4 aromatic rings. The van der Waals surface area contributed by atoms with Gasteiger partial charge in [0.25, 0.3) is 5.91 Å². The van der Waals surface area contributed by atoms with E-state index in [0.29, 0.717) is 46.1 Å². The second kappa shape index (κ2) is 8.70. The van der Waals surface area contributed by atoms with Gasteiger partial charge in [-0.25, -0.2) is 0 Å². The number of fused-ring (bicyclic) bond motifs is 2. The van der Waals surface area contributed by atoms with Gasteiger partial charge in [-0.1, -0.05) is 24.3 Å². The van der Waals surface area contributed by atoms with E-state index in [4.69, 9.17) is 18.6 Å². The number of para-hydroxylation sites is 3. The van der Waals surface area contributed by atoms with Crippen LogP contribution in [0.3, 0.4) is 0 Å². The molecule has 1 aromatic heterocycles. The maximum Gasteiger partial charge on any atom is 0.269 e. The highest BCUT2D eigenvalue weighted by Gasteiger charge is 2.30. The molecule has 0 unspecified atom stereocenters. The van der Waals surface area contributed by atoms with E-state index >= 15 is 0 Å². The van der Waals surface area contributed by atoms with Gasteiger partial charge in [-0.3, -0.25) is 9.59 Å². The van der Waals surface area contributed by atoms with E-state index in [0.717, 1.165) is 0 Å². The maximum atomic E-state index is 13.3. The van der Waals surface area contributed by atoms with E-state index < -0.39 is 12.0 Å². The summed E-state index contributed by atoms with van der Waals surface area (Å²) >= 11 is 0. The number of nitrogens with one attached hydrogen (secondary N) is 1. The van der Waals surface area contributed by atoms with Crippen LogP contribution in [0.2, 0.25) is 0 Å². The molecule has 3 aromatic carbocycles. The van der Waals surface area contributed by atoms with Gasteiger partial charge in [0, 0.05) is 10.9 Å². The first-order valence-corrected chi connectivity index (χ1v) is 10.6. The molecule has 0 saturated carbocycles. The van der Waals surface area contributed by atoms with Crippen LogP contribution < -0.4 is 19.5 Å². The Morgan fingerprint density at radius 2 is 1.70 bits per heavy atom. The van der Waals surface area contributed by atoms with Gasteiger partial charge in [0.05, 0.1) is 12.3 Å². The number of anilines is 1. The summed E-state index contributed by atoms with van der Waals surface area (Å²) in [4.78, 5) is 26.3. The average molecular weight is 443 g/mol. The molecule has 0 bridgehead atoms. The van der Waals surface area contributed by atoms with Gasteiger partial charge in [0.15, 0.2) is 17.3 Å². The maximum absolute atomic E-state index is 13.3. The van der Waals surface area contributed by atoms with Gasteiger partial charge in [-0.15, -0.1) is 0 Å². The van der Waals surface area contributed by atoms with Crippen LogP contribution in [0.4, 0.5) is 5.69 Å². The van der Waals surface area contributed by atoms with Gasteiger partial charge < -0.3 is 23.9 Å². The third kappa shape index (κ3) is 4.01. The summed E-state index contributed by atoms with van der Waals surface area (Å²) in [6.45, 7) is 2.48. The summed E-state index contributed by atoms with van der Waals surface area (Å²) in [6.07, 6.45) is -0.873. The molecule has 1 aliphatic heterocycles. The van der Waals surface area contributed by atoms with Crippen LogP contribution in [-0.4, -0.2) is 31.0 Å². The number of amides is 1. The molecule has 1 aliphatic rings. The smallest absolute Gasteiger partial charge is 0.269 e. The van der Waals surface area contributed by atoms with Crippen molar-refractivity contribution in [3.05, 3.63) is 84.1 Å². The SMILES string of the molecule is CCOc1ccc(C(=O)c2oc3ccccc3c2NC(=O)[C@@H]2COc3ccccc3O2)cc1. The number of carbonyl (C=O) groups is 2. The number of furan rings is 1. The fraction of sp³-hybridized carbons (Fsp3) is 0.154. The minimum absolute atomic E-state index is 0.0471. The number of hydrogen-bond donors (Lipinski definition) is 1. The Kier molecular flexibility index (Phi) is 5.44. The monoisotopic (exact) mass is 443 g/mol. The van der Waals surface area contributed by atoms with Crippen molar-refractivity contribution in [2.24, 2.45) is 0 Å². The fourth-order valence-corrected chi connectivity index (χ4v) is 3.68. The molecule has 166 valence electrons. The van der Waals surface area contributed by atoms with E-state index in [9.17, 15) is 9.59 Å². The molecule has 7 heteroatoms. The van der Waals surface area contributed by atoms with Crippen molar-refractivity contribution in [1.82, 2.24) is 0 Å². The summed E-state index contributed by atoms with van der Waals surface area (Å²) in [5.74, 6) is 1.01. The van der Waals surface area contributed by atoms with E-state index in [-0.39, 0.29) is 18.2 Å². The van der Waals surface area contributed by atoms with E-state index in [1.54, 1.807) is 60.7 Å². The van der Waals surface area contributed by atoms with Gasteiger partial charge >= 0.3 is 0 Å². The van der Waals surface area contributed by atoms with Crippen LogP contribution in [0.15, 0.2) is 77.2 Å². The van der Waals surface area contributed by atoms with Crippen molar-refractivity contribution in [2.45, 2.75) is 13.0 Å². The second-order valence-corrected chi connectivity index (χ2v) is 7.44. The summed E-state index contributed by atoms with van der Waals surface area (Å²) in [5, 5.41) is 3.46. The van der Waals surface area contributed by atoms with Crippen molar-refractivity contribution in [3.8, 4) is 17.2 Å². The van der Waals surface area contributed by atoms with E-state index in [1.807, 2.05) is 19.1 Å². The fourth-order valence-electron chi connectivity index (χ4n) is 3.68. The van der Waals surface area contributed by atoms with Crippen LogP contribution in [0.25, 0.3) is 11.0 Å². The molecule has 2 heterocycles. The predicted molar refractivity (Wildman–Crippen MR) is 122 cm³/mol. The van der Waals surface area contributed by atoms with Gasteiger partial charge in [-0.2, -0.15) is 0 Å². The first-order chi connectivity index (χ1) is 16.1. The normalized spacial score (nSPS) is 14.6. The van der Waals surface area contributed by atoms with Crippen molar-refractivity contribution in [3.63, 3.8) is 0 Å². The zero-order valence-corrected chi connectivity index (χ0v) is 17.9. The zero-order chi connectivity index (χ0) is 22.8. The summed E-state index contributed by atoms with van der Waals surface area (Å²) < 4.78 is 22.8. The first-order valence-electron chi connectivity index (χ1n) is 10.6. The van der Waals surface area contributed by atoms with Crippen LogP contribution in [0.1, 0.15) is 23.0 Å². The van der Waals surface area contributed by atoms with Crippen molar-refractivity contribution in [2.75, 3.05) is 18.5 Å². The van der Waals surface area contributed by atoms with Crippen LogP contribution in [0.5, 0.6) is 17.2 Å². The minimum atomic E-state index is -0.873. The lowest BCUT2D eigenvalue weighted by Crippen LogP contribution is -2.40. The molecule has 1 amide bonds. The lowest BCUT2D eigenvalue weighted by molar-refractivity contribution is -0.125. The Balaban J connectivity index is 1.45. The summed E-state index contributed by atoms with van der Waals surface area (Å²) in [6, 6.07) is 21.1. The molecule has 7 nitrogen and oxygen atoms in total. The molecule has 0 spiro atoms. The third-order valence-electron chi connectivity index (χ3n) is 5.28. The lowest BCUT2D eigenvalue weighted by atomic mass is 10.1. The highest BCUT2D eigenvalue weighted by molar-refractivity contribution is 6.17. The topological polar surface area (TPSA) is 87.0 Å². The zero-order valence-electron chi connectivity index (χ0n) is 17.9. The number of rotatable bonds is 6. The quantitative estimate of drug-likeness (QED) is 0.429. The molecule has 5 rings (SSSR count). The van der Waals surface area contributed by atoms with Gasteiger partial charge in [-0.05, 0) is 55.5 Å². The molecule has 1 N–H and O–H groups in total. The highest BCUT2D eigenvalue weighted by Crippen LogP contribution is 2.34. The number of carbonyl (C=O) groups excluding carboxylic acids is 2. The van der Waals surface area contributed by atoms with Crippen molar-refractivity contribution >= 4 is 28.3 Å². The van der Waals surface area contributed by atoms with Crippen molar-refractivity contribution in [1.29, 1.82) is 0 Å². The molecule has 0 aliphatic carbocycles. The molecule has 0 radical (unpaired) electrons. The Hall–Kier alpha value is -4.26. The number of ketones is 1. The molecule has 0 saturated heterocycles. The molecular formula is C26H21NO6. The number of hydrogen-bond acceptors (Lipinski definition) is 6. The van der Waals surface area contributed by atoms with E-state index in [1.165, 1.54) is 0 Å². The van der Waals surface area contributed by atoms with Crippen LogP contribution >= 0.6 is 0 Å². The summed E-state index contributed by atoms with van der Waals surface area (Å²) in [5.41, 5.74) is 1.21. The van der Waals surface area contributed by atoms with Crippen LogP contribution in [-0.2, 0) is 4.79 Å². The molecule has 0 fully saturated rings. The highest BCUT2D eigenvalue weighted by atomic mass is 16.6. The Morgan fingerprint density at radius 1 is 0.970 bits per heavy atom. The lowest BCUT2D eigenvalue weighted by Gasteiger charge is -2.25. The Morgan fingerprint density at radius 3 is 2.48 bits per heavy atom. The van der Waals surface area contributed by atoms with Gasteiger partial charge in [0.1, 0.15) is 17.9 Å². The third-order valence-corrected chi connectivity index (χ3v) is 5.28. The van der Waals surface area contributed by atoms with Crippen molar-refractivity contribution < 1.29 is 28.2 Å². The Labute approximate surface area is 189 Å². The molecule has 1 atom stereocenters. The number of ether oxygens (including phenoxy) is 3.